The molecule has 26 heavy (non-hydrogen) atoms. The van der Waals surface area contributed by atoms with Gasteiger partial charge in [0.05, 0.1) is 16.6 Å². The Kier molecular flexibility index (Phi) is 4.16. The van der Waals surface area contributed by atoms with Crippen molar-refractivity contribution >= 4 is 16.9 Å². The molecule has 8 heteroatoms. The topological polar surface area (TPSA) is 59.8 Å². The van der Waals surface area contributed by atoms with Crippen LogP contribution in [-0.2, 0) is 17.5 Å². The summed E-state index contributed by atoms with van der Waals surface area (Å²) >= 11 is 0. The van der Waals surface area contributed by atoms with Gasteiger partial charge < -0.3 is 5.32 Å². The van der Waals surface area contributed by atoms with E-state index in [0.29, 0.717) is 5.69 Å². The minimum Gasteiger partial charge on any atom is -0.352 e. The predicted molar refractivity (Wildman–Crippen MR) is 89.6 cm³/mol. The lowest BCUT2D eigenvalue weighted by Gasteiger charge is -2.13. The Labute approximate surface area is 149 Å². The molecule has 0 unspecified atom stereocenters. The second-order valence-corrected chi connectivity index (χ2v) is 7.36. The van der Waals surface area contributed by atoms with Gasteiger partial charge in [0.2, 0.25) is 5.91 Å². The van der Waals surface area contributed by atoms with Crippen LogP contribution in [0.4, 0.5) is 13.2 Å². The average Bonchev–Trinajstić information content (AvgIpc) is 3.21. The van der Waals surface area contributed by atoms with Crippen LogP contribution in [-0.4, -0.2) is 26.7 Å². The lowest BCUT2D eigenvalue weighted by molar-refractivity contribution is -0.136. The van der Waals surface area contributed by atoms with Gasteiger partial charge in [-0.2, -0.15) is 18.3 Å². The molecule has 0 saturated heterocycles. The molecule has 0 radical (unpaired) electrons. The molecule has 0 aromatic carbocycles. The molecule has 2 fully saturated rings. The molecule has 0 aliphatic heterocycles. The van der Waals surface area contributed by atoms with Crippen molar-refractivity contribution in [3.05, 3.63) is 23.0 Å². The Hall–Kier alpha value is -2.12. The van der Waals surface area contributed by atoms with Crippen LogP contribution in [0.3, 0.4) is 0 Å². The van der Waals surface area contributed by atoms with Crippen LogP contribution in [0.2, 0.25) is 0 Å². The third-order valence-corrected chi connectivity index (χ3v) is 5.21. The van der Waals surface area contributed by atoms with E-state index in [9.17, 15) is 18.0 Å². The lowest BCUT2D eigenvalue weighted by atomic mass is 10.1. The van der Waals surface area contributed by atoms with Crippen molar-refractivity contribution in [2.24, 2.45) is 0 Å². The van der Waals surface area contributed by atoms with Crippen LogP contribution in [0, 0.1) is 6.92 Å². The molecule has 1 N–H and O–H groups in total. The van der Waals surface area contributed by atoms with Crippen LogP contribution in [0.1, 0.15) is 61.4 Å². The van der Waals surface area contributed by atoms with Crippen LogP contribution >= 0.6 is 0 Å². The van der Waals surface area contributed by atoms with Crippen LogP contribution < -0.4 is 5.32 Å². The molecular formula is C18H21F3N4O. The third-order valence-electron chi connectivity index (χ3n) is 5.21. The van der Waals surface area contributed by atoms with Crippen molar-refractivity contribution in [1.82, 2.24) is 20.1 Å². The van der Waals surface area contributed by atoms with E-state index in [4.69, 9.17) is 0 Å². The summed E-state index contributed by atoms with van der Waals surface area (Å²) < 4.78 is 42.0. The summed E-state index contributed by atoms with van der Waals surface area (Å²) in [6.45, 7) is 1.42. The summed E-state index contributed by atoms with van der Waals surface area (Å²) in [6, 6.07) is 1.31. The number of aryl methyl sites for hydroxylation is 1. The monoisotopic (exact) mass is 366 g/mol. The number of rotatable bonds is 4. The number of hydrogen-bond donors (Lipinski definition) is 1. The van der Waals surface area contributed by atoms with Gasteiger partial charge in [0.15, 0.2) is 5.65 Å². The number of nitrogens with zero attached hydrogens (tertiary/aromatic N) is 3. The number of hydrogen-bond acceptors (Lipinski definition) is 3. The quantitative estimate of drug-likeness (QED) is 0.898. The van der Waals surface area contributed by atoms with E-state index >= 15 is 0 Å². The molecule has 1 amide bonds. The van der Waals surface area contributed by atoms with Gasteiger partial charge in [-0.05, 0) is 38.7 Å². The average molecular weight is 366 g/mol. The highest BCUT2D eigenvalue weighted by molar-refractivity contribution is 5.85. The minimum atomic E-state index is -4.48. The summed E-state index contributed by atoms with van der Waals surface area (Å²) in [5, 5.41) is 7.13. The number of carbonyl (C=O) groups excluding carboxylic acids is 1. The van der Waals surface area contributed by atoms with Crippen molar-refractivity contribution in [3.63, 3.8) is 0 Å². The van der Waals surface area contributed by atoms with E-state index in [1.54, 1.807) is 0 Å². The highest BCUT2D eigenvalue weighted by Gasteiger charge is 2.37. The van der Waals surface area contributed by atoms with E-state index in [0.717, 1.165) is 44.6 Å². The zero-order valence-corrected chi connectivity index (χ0v) is 14.6. The van der Waals surface area contributed by atoms with Crippen molar-refractivity contribution < 1.29 is 18.0 Å². The van der Waals surface area contributed by atoms with Gasteiger partial charge in [-0.15, -0.1) is 0 Å². The Morgan fingerprint density at radius 1 is 1.27 bits per heavy atom. The molecule has 0 bridgehead atoms. The Balaban J connectivity index is 1.70. The Morgan fingerprint density at radius 2 is 1.96 bits per heavy atom. The molecule has 140 valence electrons. The van der Waals surface area contributed by atoms with E-state index in [2.05, 4.69) is 15.4 Å². The first-order chi connectivity index (χ1) is 12.3. The van der Waals surface area contributed by atoms with E-state index in [1.165, 1.54) is 11.6 Å². The fourth-order valence-electron chi connectivity index (χ4n) is 3.77. The first kappa shape index (κ1) is 17.3. The van der Waals surface area contributed by atoms with E-state index in [-0.39, 0.29) is 41.1 Å². The highest BCUT2D eigenvalue weighted by Crippen LogP contribution is 2.43. The fourth-order valence-corrected chi connectivity index (χ4v) is 3.77. The van der Waals surface area contributed by atoms with Gasteiger partial charge in [0.1, 0.15) is 6.54 Å². The predicted octanol–water partition coefficient (Wildman–Crippen LogP) is 3.69. The van der Waals surface area contributed by atoms with Gasteiger partial charge in [0, 0.05) is 17.7 Å². The van der Waals surface area contributed by atoms with Gasteiger partial charge in [-0.3, -0.25) is 4.79 Å². The number of nitrogens with one attached hydrogen (secondary N) is 1. The maximum atomic E-state index is 13.6. The first-order valence-corrected chi connectivity index (χ1v) is 9.07. The minimum absolute atomic E-state index is 0.00411. The van der Waals surface area contributed by atoms with Crippen molar-refractivity contribution in [2.75, 3.05) is 0 Å². The summed E-state index contributed by atoms with van der Waals surface area (Å²) in [5.74, 6) is -0.148. The van der Waals surface area contributed by atoms with Crippen molar-refractivity contribution in [3.8, 4) is 0 Å². The molecule has 2 aromatic rings. The number of amides is 1. The number of alkyl halides is 3. The summed E-state index contributed by atoms with van der Waals surface area (Å²) in [4.78, 5) is 16.7. The Morgan fingerprint density at radius 3 is 2.58 bits per heavy atom. The van der Waals surface area contributed by atoms with E-state index in [1.807, 2.05) is 0 Å². The second kappa shape index (κ2) is 6.25. The molecule has 0 atom stereocenters. The number of halogens is 3. The highest BCUT2D eigenvalue weighted by atomic mass is 19.4. The zero-order valence-electron chi connectivity index (χ0n) is 14.6. The van der Waals surface area contributed by atoms with Crippen LogP contribution in [0.25, 0.3) is 11.0 Å². The molecular weight excluding hydrogens is 345 g/mol. The van der Waals surface area contributed by atoms with Gasteiger partial charge in [0.25, 0.3) is 0 Å². The van der Waals surface area contributed by atoms with Crippen molar-refractivity contribution in [1.29, 1.82) is 0 Å². The second-order valence-electron chi connectivity index (χ2n) is 7.36. The van der Waals surface area contributed by atoms with Gasteiger partial charge in [-0.25, -0.2) is 9.67 Å². The van der Waals surface area contributed by atoms with E-state index < -0.39 is 11.7 Å². The first-order valence-electron chi connectivity index (χ1n) is 9.07. The smallest absolute Gasteiger partial charge is 0.352 e. The van der Waals surface area contributed by atoms with Crippen molar-refractivity contribution in [2.45, 2.75) is 70.1 Å². The maximum Gasteiger partial charge on any atom is 0.417 e. The lowest BCUT2D eigenvalue weighted by Crippen LogP contribution is -2.35. The third kappa shape index (κ3) is 3.29. The summed E-state index contributed by atoms with van der Waals surface area (Å²) in [7, 11) is 0. The number of carbonyl (C=O) groups is 1. The standard InChI is InChI=1S/C18H21F3N4O/c1-10-16-13(18(19,20)21)8-14(11-6-7-11)23-17(16)25(24-10)9-15(26)22-12-4-2-3-5-12/h8,11-12H,2-7,9H2,1H3,(H,22,26). The van der Waals surface area contributed by atoms with Gasteiger partial charge in [-0.1, -0.05) is 12.8 Å². The molecule has 2 aliphatic rings. The maximum absolute atomic E-state index is 13.6. The molecule has 2 saturated carbocycles. The van der Waals surface area contributed by atoms with Gasteiger partial charge >= 0.3 is 6.18 Å². The Bertz CT molecular complexity index is 848. The van der Waals surface area contributed by atoms with Crippen LogP contribution in [0.15, 0.2) is 6.07 Å². The largest absolute Gasteiger partial charge is 0.417 e. The normalized spacial score (nSPS) is 18.6. The number of fused-ring (bicyclic) bond motifs is 1. The number of pyridine rings is 1. The zero-order chi connectivity index (χ0) is 18.5. The fraction of sp³-hybridized carbons (Fsp3) is 0.611. The summed E-state index contributed by atoms with van der Waals surface area (Å²) in [6.07, 6.45) is 1.32. The molecule has 0 spiro atoms. The molecule has 5 nitrogen and oxygen atoms in total. The molecule has 2 heterocycles. The summed E-state index contributed by atoms with van der Waals surface area (Å²) in [5.41, 5.74) is 0.142. The molecule has 2 aliphatic carbocycles. The molecule has 2 aromatic heterocycles. The SMILES string of the molecule is Cc1nn(CC(=O)NC2CCCC2)c2nc(C3CC3)cc(C(F)(F)F)c12. The van der Waals surface area contributed by atoms with Crippen LogP contribution in [0.5, 0.6) is 0 Å². The number of aromatic nitrogens is 3. The molecule has 4 rings (SSSR count).